The third kappa shape index (κ3) is 3.19. The standard InChI is InChI=1S/C13H18N2O4/c1-9-6-11(17)15(12(18)7-9)8-13(19)14-4-2-10(16)3-5-14/h9H,2-8H2,1H3. The first-order chi connectivity index (χ1) is 8.97. The summed E-state index contributed by atoms with van der Waals surface area (Å²) in [5.41, 5.74) is 0. The molecule has 0 aromatic carbocycles. The lowest BCUT2D eigenvalue weighted by atomic mass is 9.98. The first-order valence-electron chi connectivity index (χ1n) is 6.60. The molecular formula is C13H18N2O4. The van der Waals surface area contributed by atoms with Crippen LogP contribution in [-0.2, 0) is 19.2 Å². The molecule has 2 heterocycles. The fraction of sp³-hybridized carbons (Fsp3) is 0.692. The van der Waals surface area contributed by atoms with Gasteiger partial charge in [-0.1, -0.05) is 6.92 Å². The molecule has 0 N–H and O–H groups in total. The van der Waals surface area contributed by atoms with Crippen molar-refractivity contribution in [1.82, 2.24) is 9.80 Å². The van der Waals surface area contributed by atoms with Gasteiger partial charge in [0.1, 0.15) is 12.3 Å². The van der Waals surface area contributed by atoms with Gasteiger partial charge in [0.2, 0.25) is 17.7 Å². The molecule has 2 aliphatic rings. The number of likely N-dealkylation sites (tertiary alicyclic amines) is 2. The van der Waals surface area contributed by atoms with Crippen LogP contribution in [-0.4, -0.2) is 52.9 Å². The number of rotatable bonds is 2. The molecule has 3 amide bonds. The Morgan fingerprint density at radius 1 is 1.11 bits per heavy atom. The van der Waals surface area contributed by atoms with E-state index in [0.29, 0.717) is 38.8 Å². The maximum Gasteiger partial charge on any atom is 0.242 e. The second-order valence-corrected chi connectivity index (χ2v) is 5.31. The second-order valence-electron chi connectivity index (χ2n) is 5.31. The van der Waals surface area contributed by atoms with Crippen LogP contribution >= 0.6 is 0 Å². The van der Waals surface area contributed by atoms with E-state index < -0.39 is 0 Å². The third-order valence-corrected chi connectivity index (χ3v) is 3.62. The van der Waals surface area contributed by atoms with Gasteiger partial charge in [0.05, 0.1) is 0 Å². The zero-order chi connectivity index (χ0) is 14.0. The number of carbonyl (C=O) groups is 4. The average Bonchev–Trinajstić information content (AvgIpc) is 2.34. The molecule has 0 spiro atoms. The lowest BCUT2D eigenvalue weighted by molar-refractivity contribution is -0.154. The van der Waals surface area contributed by atoms with Crippen molar-refractivity contribution >= 4 is 23.5 Å². The molecule has 0 aliphatic carbocycles. The molecule has 0 saturated carbocycles. The van der Waals surface area contributed by atoms with E-state index in [4.69, 9.17) is 0 Å². The van der Waals surface area contributed by atoms with E-state index in [1.165, 1.54) is 0 Å². The molecule has 0 atom stereocenters. The molecule has 0 aromatic heterocycles. The van der Waals surface area contributed by atoms with Gasteiger partial charge in [-0.2, -0.15) is 0 Å². The Morgan fingerprint density at radius 2 is 1.63 bits per heavy atom. The average molecular weight is 266 g/mol. The van der Waals surface area contributed by atoms with Crippen LogP contribution in [0.1, 0.15) is 32.6 Å². The minimum atomic E-state index is -0.273. The van der Waals surface area contributed by atoms with Crippen molar-refractivity contribution in [3.8, 4) is 0 Å². The van der Waals surface area contributed by atoms with Gasteiger partial charge in [-0.05, 0) is 5.92 Å². The van der Waals surface area contributed by atoms with Crippen molar-refractivity contribution in [1.29, 1.82) is 0 Å². The molecular weight excluding hydrogens is 248 g/mol. The van der Waals surface area contributed by atoms with E-state index in [1.54, 1.807) is 4.90 Å². The molecule has 6 heteroatoms. The number of imide groups is 1. The van der Waals surface area contributed by atoms with Gasteiger partial charge < -0.3 is 4.90 Å². The molecule has 2 rings (SSSR count). The summed E-state index contributed by atoms with van der Waals surface area (Å²) in [4.78, 5) is 49.3. The van der Waals surface area contributed by atoms with Crippen LogP contribution in [0.25, 0.3) is 0 Å². The molecule has 2 saturated heterocycles. The Hall–Kier alpha value is -1.72. The Bertz CT molecular complexity index is 404. The van der Waals surface area contributed by atoms with E-state index in [-0.39, 0.29) is 36.0 Å². The highest BCUT2D eigenvalue weighted by Crippen LogP contribution is 2.19. The fourth-order valence-corrected chi connectivity index (χ4v) is 2.44. The summed E-state index contributed by atoms with van der Waals surface area (Å²) in [5.74, 6) is -0.582. The molecule has 2 fully saturated rings. The number of hydrogen-bond acceptors (Lipinski definition) is 4. The highest BCUT2D eigenvalue weighted by molar-refractivity contribution is 6.01. The molecule has 0 bridgehead atoms. The predicted molar refractivity (Wildman–Crippen MR) is 65.9 cm³/mol. The van der Waals surface area contributed by atoms with Gasteiger partial charge in [-0.3, -0.25) is 24.1 Å². The topological polar surface area (TPSA) is 74.8 Å². The summed E-state index contributed by atoms with van der Waals surface area (Å²) in [6, 6.07) is 0. The molecule has 19 heavy (non-hydrogen) atoms. The Kier molecular flexibility index (Phi) is 3.97. The predicted octanol–water partition coefficient (Wildman–Crippen LogP) is -0.0370. The maximum atomic E-state index is 12.0. The van der Waals surface area contributed by atoms with Crippen LogP contribution < -0.4 is 0 Å². The molecule has 0 unspecified atom stereocenters. The number of piperidine rings is 2. The highest BCUT2D eigenvalue weighted by Gasteiger charge is 2.33. The Labute approximate surface area is 111 Å². The quantitative estimate of drug-likeness (QED) is 0.657. The summed E-state index contributed by atoms with van der Waals surface area (Å²) in [5, 5.41) is 0. The smallest absolute Gasteiger partial charge is 0.242 e. The summed E-state index contributed by atoms with van der Waals surface area (Å²) in [7, 11) is 0. The number of ketones is 1. The van der Waals surface area contributed by atoms with E-state index in [9.17, 15) is 19.2 Å². The third-order valence-electron chi connectivity index (χ3n) is 3.62. The summed E-state index contributed by atoms with van der Waals surface area (Å²) < 4.78 is 0. The minimum Gasteiger partial charge on any atom is -0.340 e. The van der Waals surface area contributed by atoms with Crippen molar-refractivity contribution in [2.45, 2.75) is 32.6 Å². The van der Waals surface area contributed by atoms with Crippen molar-refractivity contribution in [3.63, 3.8) is 0 Å². The molecule has 6 nitrogen and oxygen atoms in total. The van der Waals surface area contributed by atoms with Crippen LogP contribution in [0.4, 0.5) is 0 Å². The molecule has 0 radical (unpaired) electrons. The normalized spacial score (nSPS) is 22.1. The summed E-state index contributed by atoms with van der Waals surface area (Å²) in [6.45, 7) is 2.46. The van der Waals surface area contributed by atoms with Gasteiger partial charge in [-0.15, -0.1) is 0 Å². The first-order valence-corrected chi connectivity index (χ1v) is 6.60. The lowest BCUT2D eigenvalue weighted by Crippen LogP contribution is -2.50. The molecule has 0 aromatic rings. The van der Waals surface area contributed by atoms with E-state index >= 15 is 0 Å². The maximum absolute atomic E-state index is 12.0. The van der Waals surface area contributed by atoms with E-state index in [0.717, 1.165) is 4.90 Å². The largest absolute Gasteiger partial charge is 0.340 e. The van der Waals surface area contributed by atoms with Crippen LogP contribution in [0.2, 0.25) is 0 Å². The van der Waals surface area contributed by atoms with Crippen LogP contribution in [0.15, 0.2) is 0 Å². The number of carbonyl (C=O) groups excluding carboxylic acids is 4. The first kappa shape index (κ1) is 13.7. The van der Waals surface area contributed by atoms with Crippen LogP contribution in [0, 0.1) is 5.92 Å². The fourth-order valence-electron chi connectivity index (χ4n) is 2.44. The van der Waals surface area contributed by atoms with E-state index in [1.807, 2.05) is 6.92 Å². The highest BCUT2D eigenvalue weighted by atomic mass is 16.2. The van der Waals surface area contributed by atoms with Gasteiger partial charge in [-0.25, -0.2) is 0 Å². The van der Waals surface area contributed by atoms with Gasteiger partial charge >= 0.3 is 0 Å². The number of hydrogen-bond donors (Lipinski definition) is 0. The SMILES string of the molecule is CC1CC(=O)N(CC(=O)N2CCC(=O)CC2)C(=O)C1. The van der Waals surface area contributed by atoms with Crippen LogP contribution in [0.3, 0.4) is 0 Å². The van der Waals surface area contributed by atoms with Gasteiger partial charge in [0.25, 0.3) is 0 Å². The number of nitrogens with zero attached hydrogens (tertiary/aromatic N) is 2. The monoisotopic (exact) mass is 266 g/mol. The number of amides is 3. The zero-order valence-electron chi connectivity index (χ0n) is 11.1. The van der Waals surface area contributed by atoms with Crippen molar-refractivity contribution < 1.29 is 19.2 Å². The van der Waals surface area contributed by atoms with Crippen molar-refractivity contribution in [3.05, 3.63) is 0 Å². The Balaban J connectivity index is 1.93. The number of Topliss-reactive ketones (excluding diaryl/α,β-unsaturated/α-hetero) is 1. The van der Waals surface area contributed by atoms with E-state index in [2.05, 4.69) is 0 Å². The van der Waals surface area contributed by atoms with Crippen LogP contribution in [0.5, 0.6) is 0 Å². The summed E-state index contributed by atoms with van der Waals surface area (Å²) in [6.07, 6.45) is 1.37. The zero-order valence-corrected chi connectivity index (χ0v) is 11.1. The lowest BCUT2D eigenvalue weighted by Gasteiger charge is -2.31. The molecule has 2 aliphatic heterocycles. The second kappa shape index (κ2) is 5.50. The van der Waals surface area contributed by atoms with Gasteiger partial charge in [0, 0.05) is 38.8 Å². The minimum absolute atomic E-state index is 0.0546. The van der Waals surface area contributed by atoms with Gasteiger partial charge in [0.15, 0.2) is 0 Å². The molecule has 104 valence electrons. The summed E-state index contributed by atoms with van der Waals surface area (Å²) >= 11 is 0. The van der Waals surface area contributed by atoms with Crippen molar-refractivity contribution in [2.24, 2.45) is 5.92 Å². The Morgan fingerprint density at radius 3 is 2.16 bits per heavy atom. The van der Waals surface area contributed by atoms with Crippen molar-refractivity contribution in [2.75, 3.05) is 19.6 Å².